The molecule has 5 rings (SSSR count). The molecule has 2 aliphatic rings. The Bertz CT molecular complexity index is 1170. The third kappa shape index (κ3) is 3.50. The number of ether oxygens (including phenoxy) is 3. The molecule has 1 fully saturated rings. The number of aromatic nitrogens is 3. The quantitative estimate of drug-likeness (QED) is 0.596. The van der Waals surface area contributed by atoms with E-state index in [1.54, 1.807) is 13.4 Å². The van der Waals surface area contributed by atoms with E-state index in [2.05, 4.69) is 38.9 Å². The van der Waals surface area contributed by atoms with Crippen LogP contribution < -0.4 is 4.74 Å². The molecule has 3 atom stereocenters. The third-order valence-corrected chi connectivity index (χ3v) is 6.61. The summed E-state index contributed by atoms with van der Waals surface area (Å²) in [7, 11) is 1.67. The van der Waals surface area contributed by atoms with E-state index in [9.17, 15) is 5.11 Å². The van der Waals surface area contributed by atoms with E-state index >= 15 is 0 Å². The van der Waals surface area contributed by atoms with E-state index in [0.29, 0.717) is 0 Å². The van der Waals surface area contributed by atoms with Gasteiger partial charge in [-0.2, -0.15) is 0 Å². The highest BCUT2D eigenvalue weighted by Gasteiger charge is 2.52. The first kappa shape index (κ1) is 21.1. The van der Waals surface area contributed by atoms with Crippen molar-refractivity contribution in [2.45, 2.75) is 57.6 Å². The van der Waals surface area contributed by atoms with Crippen LogP contribution in [0.3, 0.4) is 0 Å². The molecule has 7 heteroatoms. The van der Waals surface area contributed by atoms with Crippen molar-refractivity contribution in [1.82, 2.24) is 14.5 Å². The number of aliphatic hydroxyl groups is 1. The van der Waals surface area contributed by atoms with Gasteiger partial charge in [0.1, 0.15) is 29.9 Å². The minimum atomic E-state index is -0.684. The minimum absolute atomic E-state index is 0.0375. The van der Waals surface area contributed by atoms with Crippen molar-refractivity contribution in [3.63, 3.8) is 0 Å². The Kier molecular flexibility index (Phi) is 5.28. The van der Waals surface area contributed by atoms with Crippen LogP contribution in [-0.2, 0) is 22.3 Å². The molecule has 0 amide bonds. The Labute approximate surface area is 187 Å². The van der Waals surface area contributed by atoms with Crippen LogP contribution in [0.4, 0.5) is 0 Å². The molecule has 3 aromatic rings. The molecule has 7 nitrogen and oxygen atoms in total. The van der Waals surface area contributed by atoms with Crippen LogP contribution in [0.5, 0.6) is 5.75 Å². The van der Waals surface area contributed by atoms with Crippen molar-refractivity contribution >= 4 is 11.0 Å². The molecule has 0 radical (unpaired) electrons. The fourth-order valence-corrected chi connectivity index (χ4v) is 5.03. The average molecular weight is 436 g/mol. The lowest BCUT2D eigenvalue weighted by Gasteiger charge is -2.24. The maximum Gasteiger partial charge on any atom is 0.164 e. The molecule has 168 valence electrons. The smallest absolute Gasteiger partial charge is 0.164 e. The zero-order valence-corrected chi connectivity index (χ0v) is 18.9. The van der Waals surface area contributed by atoms with E-state index in [1.165, 1.54) is 5.56 Å². The van der Waals surface area contributed by atoms with Gasteiger partial charge in [-0.1, -0.05) is 12.1 Å². The second kappa shape index (κ2) is 7.99. The van der Waals surface area contributed by atoms with Gasteiger partial charge >= 0.3 is 0 Å². The summed E-state index contributed by atoms with van der Waals surface area (Å²) < 4.78 is 19.8. The van der Waals surface area contributed by atoms with Crippen LogP contribution >= 0.6 is 0 Å². The summed E-state index contributed by atoms with van der Waals surface area (Å²) in [6.45, 7) is 5.84. The zero-order chi connectivity index (χ0) is 22.5. The number of rotatable bonds is 6. The molecule has 0 unspecified atom stereocenters. The first-order valence-corrected chi connectivity index (χ1v) is 11.0. The maximum absolute atomic E-state index is 10.0. The van der Waals surface area contributed by atoms with Gasteiger partial charge in [0.05, 0.1) is 25.5 Å². The predicted molar refractivity (Wildman–Crippen MR) is 121 cm³/mol. The molecule has 1 aliphatic carbocycles. The number of hydrogen-bond donors (Lipinski definition) is 1. The topological polar surface area (TPSA) is 78.6 Å². The minimum Gasteiger partial charge on any atom is -0.497 e. The van der Waals surface area contributed by atoms with Crippen molar-refractivity contribution in [1.29, 1.82) is 0 Å². The number of nitrogens with zero attached hydrogens (tertiary/aromatic N) is 3. The maximum atomic E-state index is 10.0. The van der Waals surface area contributed by atoms with Gasteiger partial charge in [0.15, 0.2) is 5.79 Å². The molecule has 2 aromatic heterocycles. The molecule has 1 aliphatic heterocycles. The van der Waals surface area contributed by atoms with Gasteiger partial charge in [0, 0.05) is 11.6 Å². The van der Waals surface area contributed by atoms with Gasteiger partial charge in [-0.05, 0) is 68.5 Å². The van der Waals surface area contributed by atoms with Gasteiger partial charge in [0.2, 0.25) is 0 Å². The summed E-state index contributed by atoms with van der Waals surface area (Å²) in [5, 5.41) is 11.0. The van der Waals surface area contributed by atoms with Gasteiger partial charge in [-0.15, -0.1) is 0 Å². The van der Waals surface area contributed by atoms with E-state index in [1.807, 2.05) is 32.9 Å². The van der Waals surface area contributed by atoms with Crippen LogP contribution in [0.1, 0.15) is 38.1 Å². The summed E-state index contributed by atoms with van der Waals surface area (Å²) in [5.74, 6) is 0.174. The normalized spacial score (nSPS) is 24.3. The number of methoxy groups -OCH3 is 1. The molecule has 0 bridgehead atoms. The number of aryl methyl sites for hydroxylation is 2. The third-order valence-electron chi connectivity index (χ3n) is 6.61. The Morgan fingerprint density at radius 3 is 2.59 bits per heavy atom. The zero-order valence-electron chi connectivity index (χ0n) is 18.9. The molecule has 0 saturated carbocycles. The van der Waals surface area contributed by atoms with Crippen LogP contribution in [-0.4, -0.2) is 51.4 Å². The summed E-state index contributed by atoms with van der Waals surface area (Å²) >= 11 is 0. The second-order valence-corrected chi connectivity index (χ2v) is 8.96. The Hall–Kier alpha value is -2.74. The SMILES string of the molecule is COc1ccc(CCc2ncnc3c2ccn3[C@@H]2C(C)=C(CO)[C@H]3OC(C)(C)O[C@H]32)cc1. The van der Waals surface area contributed by atoms with E-state index in [4.69, 9.17) is 14.2 Å². The molecule has 1 saturated heterocycles. The molecule has 1 N–H and O–H groups in total. The fourth-order valence-electron chi connectivity index (χ4n) is 5.03. The molecule has 32 heavy (non-hydrogen) atoms. The lowest BCUT2D eigenvalue weighted by atomic mass is 10.1. The van der Waals surface area contributed by atoms with Gasteiger partial charge in [-0.25, -0.2) is 9.97 Å². The standard InChI is InChI=1S/C25H29N3O4/c1-15-19(13-29)22-23(32-25(2,3)31-22)21(15)28-12-11-18-20(26-14-27-24(18)28)10-7-16-5-8-17(30-4)9-6-16/h5-6,8-9,11-12,14,21-23,29H,7,10,13H2,1-4H3/t21-,22-,23+/m1/s1. The molecule has 3 heterocycles. The van der Waals surface area contributed by atoms with Crippen molar-refractivity contribution in [3.8, 4) is 5.75 Å². The first-order chi connectivity index (χ1) is 15.4. The van der Waals surface area contributed by atoms with Crippen molar-refractivity contribution in [3.05, 3.63) is 65.3 Å². The lowest BCUT2D eigenvalue weighted by Crippen LogP contribution is -2.29. The number of hydrogen-bond acceptors (Lipinski definition) is 6. The van der Waals surface area contributed by atoms with Gasteiger partial charge in [-0.3, -0.25) is 0 Å². The van der Waals surface area contributed by atoms with E-state index < -0.39 is 5.79 Å². The van der Waals surface area contributed by atoms with Gasteiger partial charge in [0.25, 0.3) is 0 Å². The Balaban J connectivity index is 1.45. The van der Waals surface area contributed by atoms with E-state index in [-0.39, 0.29) is 24.9 Å². The predicted octanol–water partition coefficient (Wildman–Crippen LogP) is 3.61. The highest BCUT2D eigenvalue weighted by Crippen LogP contribution is 2.47. The molecular weight excluding hydrogens is 406 g/mol. The summed E-state index contributed by atoms with van der Waals surface area (Å²) in [6.07, 6.45) is 4.95. The van der Waals surface area contributed by atoms with Crippen LogP contribution in [0.15, 0.2) is 54.0 Å². The van der Waals surface area contributed by atoms with Crippen LogP contribution in [0.2, 0.25) is 0 Å². The lowest BCUT2D eigenvalue weighted by molar-refractivity contribution is -0.148. The number of aliphatic hydroxyl groups excluding tert-OH is 1. The van der Waals surface area contributed by atoms with Crippen molar-refractivity contribution in [2.75, 3.05) is 13.7 Å². The van der Waals surface area contributed by atoms with Crippen LogP contribution in [0.25, 0.3) is 11.0 Å². The van der Waals surface area contributed by atoms with Crippen molar-refractivity contribution in [2.24, 2.45) is 0 Å². The second-order valence-electron chi connectivity index (χ2n) is 8.96. The van der Waals surface area contributed by atoms with Crippen molar-refractivity contribution < 1.29 is 19.3 Å². The summed E-state index contributed by atoms with van der Waals surface area (Å²) in [5.41, 5.74) is 5.11. The monoisotopic (exact) mass is 435 g/mol. The molecule has 1 aromatic carbocycles. The Morgan fingerprint density at radius 1 is 1.09 bits per heavy atom. The molecular formula is C25H29N3O4. The summed E-state index contributed by atoms with van der Waals surface area (Å²) in [6, 6.07) is 10.1. The van der Waals surface area contributed by atoms with Gasteiger partial charge < -0.3 is 23.9 Å². The Morgan fingerprint density at radius 2 is 1.88 bits per heavy atom. The highest BCUT2D eigenvalue weighted by molar-refractivity contribution is 5.79. The highest BCUT2D eigenvalue weighted by atomic mass is 16.8. The molecule has 0 spiro atoms. The first-order valence-electron chi connectivity index (χ1n) is 11.0. The van der Waals surface area contributed by atoms with Crippen LogP contribution in [0, 0.1) is 0 Å². The number of fused-ring (bicyclic) bond motifs is 2. The number of benzene rings is 1. The average Bonchev–Trinajstić information content (AvgIpc) is 3.41. The largest absolute Gasteiger partial charge is 0.497 e. The fraction of sp³-hybridized carbons (Fsp3) is 0.440. The summed E-state index contributed by atoms with van der Waals surface area (Å²) in [4.78, 5) is 9.19. The van der Waals surface area contributed by atoms with E-state index in [0.717, 1.165) is 46.5 Å².